The molecule has 1 unspecified atom stereocenters. The molecular formula is C19H18N2OS. The summed E-state index contributed by atoms with van der Waals surface area (Å²) in [4.78, 5) is 22.3. The van der Waals surface area contributed by atoms with E-state index in [-0.39, 0.29) is 5.43 Å². The largest absolute Gasteiger partial charge is 0.289 e. The van der Waals surface area contributed by atoms with Gasteiger partial charge in [0.2, 0.25) is 0 Å². The maximum atomic E-state index is 12.8. The molecule has 1 aliphatic rings. The lowest BCUT2D eigenvalue weighted by Gasteiger charge is -2.22. The van der Waals surface area contributed by atoms with Gasteiger partial charge in [0, 0.05) is 38.5 Å². The molecule has 0 fully saturated rings. The first-order valence-electron chi connectivity index (χ1n) is 8.10. The van der Waals surface area contributed by atoms with E-state index in [4.69, 9.17) is 0 Å². The number of hydrogen-bond donors (Lipinski definition) is 0. The summed E-state index contributed by atoms with van der Waals surface area (Å²) < 4.78 is 1.08. The highest BCUT2D eigenvalue weighted by atomic mass is 32.1. The van der Waals surface area contributed by atoms with Crippen LogP contribution in [0.5, 0.6) is 0 Å². The highest BCUT2D eigenvalue weighted by Crippen LogP contribution is 2.33. The zero-order chi connectivity index (χ0) is 15.8. The second-order valence-corrected chi connectivity index (χ2v) is 7.32. The number of fused-ring (bicyclic) bond motifs is 2. The lowest BCUT2D eigenvalue weighted by Crippen LogP contribution is -2.20. The van der Waals surface area contributed by atoms with Crippen LogP contribution < -0.4 is 5.43 Å². The van der Waals surface area contributed by atoms with Crippen LogP contribution in [-0.2, 0) is 12.8 Å². The van der Waals surface area contributed by atoms with Crippen molar-refractivity contribution in [3.63, 3.8) is 0 Å². The molecule has 1 atom stereocenters. The fourth-order valence-corrected chi connectivity index (χ4v) is 4.74. The predicted octanol–water partition coefficient (Wildman–Crippen LogP) is 4.23. The summed E-state index contributed by atoms with van der Waals surface area (Å²) >= 11 is 1.79. The van der Waals surface area contributed by atoms with Crippen molar-refractivity contribution in [3.8, 4) is 11.1 Å². The molecule has 0 spiro atoms. The van der Waals surface area contributed by atoms with E-state index in [0.717, 1.165) is 52.0 Å². The Morgan fingerprint density at radius 3 is 2.83 bits per heavy atom. The maximum Gasteiger partial charge on any atom is 0.191 e. The van der Waals surface area contributed by atoms with Crippen LogP contribution in [0.3, 0.4) is 0 Å². The van der Waals surface area contributed by atoms with Crippen molar-refractivity contribution >= 4 is 21.4 Å². The lowest BCUT2D eigenvalue weighted by molar-refractivity contribution is 0.448. The quantitative estimate of drug-likeness (QED) is 0.709. The predicted molar refractivity (Wildman–Crippen MR) is 94.9 cm³/mol. The standard InChI is InChI=1S/C19H18N2OS/c1-2-12-3-5-15-17(7-12)23-18-8-13(4-6-16(18)19(15)22)14-9-20-11-21-10-14/h4,6,8-12H,2-3,5,7H2,1H3. The molecule has 0 aliphatic heterocycles. The van der Waals surface area contributed by atoms with E-state index in [0.29, 0.717) is 0 Å². The zero-order valence-electron chi connectivity index (χ0n) is 13.1. The van der Waals surface area contributed by atoms with Gasteiger partial charge in [-0.15, -0.1) is 11.3 Å². The minimum atomic E-state index is 0.235. The zero-order valence-corrected chi connectivity index (χ0v) is 13.9. The van der Waals surface area contributed by atoms with E-state index in [9.17, 15) is 4.79 Å². The number of nitrogens with zero attached hydrogens (tertiary/aromatic N) is 2. The molecule has 2 heterocycles. The summed E-state index contributed by atoms with van der Waals surface area (Å²) in [7, 11) is 0. The van der Waals surface area contributed by atoms with Crippen molar-refractivity contribution < 1.29 is 0 Å². The van der Waals surface area contributed by atoms with E-state index in [1.807, 2.05) is 24.5 Å². The van der Waals surface area contributed by atoms with Gasteiger partial charge in [0.05, 0.1) is 0 Å². The number of aromatic nitrogens is 2. The Balaban J connectivity index is 1.87. The van der Waals surface area contributed by atoms with E-state index in [2.05, 4.69) is 23.0 Å². The van der Waals surface area contributed by atoms with Crippen molar-refractivity contribution in [2.75, 3.05) is 0 Å². The molecule has 0 amide bonds. The number of rotatable bonds is 2. The molecule has 116 valence electrons. The molecule has 4 heteroatoms. The first-order chi connectivity index (χ1) is 11.3. The van der Waals surface area contributed by atoms with E-state index in [1.54, 1.807) is 11.3 Å². The van der Waals surface area contributed by atoms with Crippen LogP contribution in [0.25, 0.3) is 21.2 Å². The monoisotopic (exact) mass is 322 g/mol. The molecule has 3 aromatic rings. The summed E-state index contributed by atoms with van der Waals surface area (Å²) in [5.41, 5.74) is 3.34. The van der Waals surface area contributed by atoms with Crippen molar-refractivity contribution in [2.24, 2.45) is 5.92 Å². The van der Waals surface area contributed by atoms with Crippen molar-refractivity contribution in [3.05, 3.63) is 57.6 Å². The molecule has 4 rings (SSSR count). The maximum absolute atomic E-state index is 12.8. The lowest BCUT2D eigenvalue weighted by atomic mass is 9.86. The summed E-state index contributed by atoms with van der Waals surface area (Å²) in [6.45, 7) is 2.24. The molecule has 3 nitrogen and oxygen atoms in total. The summed E-state index contributed by atoms with van der Waals surface area (Å²) in [6.07, 6.45) is 9.49. The Morgan fingerprint density at radius 2 is 2.04 bits per heavy atom. The Morgan fingerprint density at radius 1 is 1.22 bits per heavy atom. The van der Waals surface area contributed by atoms with Crippen LogP contribution in [0, 0.1) is 5.92 Å². The second kappa shape index (κ2) is 5.85. The SMILES string of the molecule is CCC1CCc2c(sc3cc(-c4cncnc4)ccc3c2=O)C1. The van der Waals surface area contributed by atoms with Gasteiger partial charge in [-0.25, -0.2) is 9.97 Å². The van der Waals surface area contributed by atoms with Crippen LogP contribution >= 0.6 is 11.3 Å². The van der Waals surface area contributed by atoms with Gasteiger partial charge in [-0.1, -0.05) is 19.4 Å². The Hall–Kier alpha value is -2.07. The third-order valence-electron chi connectivity index (χ3n) is 4.82. The van der Waals surface area contributed by atoms with Gasteiger partial charge in [0.15, 0.2) is 5.43 Å². The molecule has 2 aromatic heterocycles. The molecule has 0 bridgehead atoms. The second-order valence-electron chi connectivity index (χ2n) is 6.19. The minimum Gasteiger partial charge on any atom is -0.289 e. The third kappa shape index (κ3) is 2.57. The minimum absolute atomic E-state index is 0.235. The highest BCUT2D eigenvalue weighted by Gasteiger charge is 2.21. The number of hydrogen-bond acceptors (Lipinski definition) is 4. The van der Waals surface area contributed by atoms with Gasteiger partial charge in [-0.3, -0.25) is 4.79 Å². The van der Waals surface area contributed by atoms with Crippen LogP contribution in [0.15, 0.2) is 41.7 Å². The van der Waals surface area contributed by atoms with Gasteiger partial charge in [-0.05, 0) is 42.9 Å². The van der Waals surface area contributed by atoms with E-state index >= 15 is 0 Å². The topological polar surface area (TPSA) is 42.9 Å². The molecule has 1 aliphatic carbocycles. The summed E-state index contributed by atoms with van der Waals surface area (Å²) in [5.74, 6) is 0.723. The van der Waals surface area contributed by atoms with E-state index < -0.39 is 0 Å². The Bertz CT molecular complexity index is 918. The van der Waals surface area contributed by atoms with Crippen LogP contribution in [0.4, 0.5) is 0 Å². The van der Waals surface area contributed by atoms with Gasteiger partial charge in [0.1, 0.15) is 6.33 Å². The van der Waals surface area contributed by atoms with Gasteiger partial charge < -0.3 is 0 Å². The first kappa shape index (κ1) is 14.5. The highest BCUT2D eigenvalue weighted by molar-refractivity contribution is 7.18. The fraction of sp³-hybridized carbons (Fsp3) is 0.316. The Kier molecular flexibility index (Phi) is 3.69. The van der Waals surface area contributed by atoms with Gasteiger partial charge >= 0.3 is 0 Å². The Labute approximate surface area is 139 Å². The molecule has 0 N–H and O–H groups in total. The van der Waals surface area contributed by atoms with Gasteiger partial charge in [0.25, 0.3) is 0 Å². The normalized spacial score (nSPS) is 17.2. The van der Waals surface area contributed by atoms with E-state index in [1.165, 1.54) is 17.6 Å². The smallest absolute Gasteiger partial charge is 0.191 e. The average molecular weight is 322 g/mol. The molecule has 1 aromatic carbocycles. The molecule has 0 radical (unpaired) electrons. The summed E-state index contributed by atoms with van der Waals surface area (Å²) in [6, 6.07) is 6.07. The molecule has 0 saturated heterocycles. The molecular weight excluding hydrogens is 304 g/mol. The average Bonchev–Trinajstić information content (AvgIpc) is 2.61. The third-order valence-corrected chi connectivity index (χ3v) is 6.04. The molecule has 23 heavy (non-hydrogen) atoms. The van der Waals surface area contributed by atoms with Crippen molar-refractivity contribution in [1.29, 1.82) is 0 Å². The summed E-state index contributed by atoms with van der Waals surface area (Å²) in [5, 5.41) is 0.851. The van der Waals surface area contributed by atoms with Crippen molar-refractivity contribution in [2.45, 2.75) is 32.6 Å². The van der Waals surface area contributed by atoms with Gasteiger partial charge in [-0.2, -0.15) is 0 Å². The first-order valence-corrected chi connectivity index (χ1v) is 8.92. The molecule has 0 saturated carbocycles. The van der Waals surface area contributed by atoms with Crippen LogP contribution in [-0.4, -0.2) is 9.97 Å². The fourth-order valence-electron chi connectivity index (χ4n) is 3.38. The van der Waals surface area contributed by atoms with Crippen LogP contribution in [0.1, 0.15) is 30.2 Å². The van der Waals surface area contributed by atoms with Crippen molar-refractivity contribution in [1.82, 2.24) is 9.97 Å². The number of benzene rings is 1. The van der Waals surface area contributed by atoms with Crippen LogP contribution in [0.2, 0.25) is 0 Å².